The van der Waals surface area contributed by atoms with Gasteiger partial charge in [0.25, 0.3) is 0 Å². The van der Waals surface area contributed by atoms with Crippen LogP contribution in [0.1, 0.15) is 52.0 Å². The quantitative estimate of drug-likeness (QED) is 0.765. The average molecular weight is 390 g/mol. The summed E-state index contributed by atoms with van der Waals surface area (Å²) in [6.07, 6.45) is 4.64. The van der Waals surface area contributed by atoms with Crippen molar-refractivity contribution in [3.8, 4) is 0 Å². The third kappa shape index (κ3) is 7.95. The number of carbonyl (C=O) groups excluding carboxylic acids is 1. The van der Waals surface area contributed by atoms with Crippen molar-refractivity contribution in [3.63, 3.8) is 0 Å². The van der Waals surface area contributed by atoms with Crippen LogP contribution in [0.4, 0.5) is 5.69 Å². The van der Waals surface area contributed by atoms with Crippen LogP contribution in [-0.2, 0) is 11.3 Å². The van der Waals surface area contributed by atoms with E-state index >= 15 is 0 Å². The Balaban J connectivity index is 0.00000288. The Labute approximate surface area is 164 Å². The molecule has 2 atom stereocenters. The van der Waals surface area contributed by atoms with Crippen molar-refractivity contribution in [2.75, 3.05) is 11.9 Å². The number of benzene rings is 1. The van der Waals surface area contributed by atoms with E-state index in [1.165, 1.54) is 31.4 Å². The maximum atomic E-state index is 12.0. The summed E-state index contributed by atoms with van der Waals surface area (Å²) in [4.78, 5) is 14.6. The van der Waals surface area contributed by atoms with Crippen molar-refractivity contribution in [2.45, 2.75) is 65.1 Å². The van der Waals surface area contributed by atoms with Gasteiger partial charge in [0.1, 0.15) is 0 Å². The molecule has 0 bridgehead atoms. The molecule has 1 heterocycles. The van der Waals surface area contributed by atoms with Gasteiger partial charge in [-0.25, -0.2) is 0 Å². The molecular formula is C19H33Cl2N3O. The molecule has 144 valence electrons. The van der Waals surface area contributed by atoms with Crippen LogP contribution in [0.3, 0.4) is 0 Å². The highest BCUT2D eigenvalue weighted by molar-refractivity contribution is 5.94. The number of hydrogen-bond acceptors (Lipinski definition) is 3. The fourth-order valence-corrected chi connectivity index (χ4v) is 3.17. The molecule has 1 aliphatic heterocycles. The first-order valence-corrected chi connectivity index (χ1v) is 8.85. The summed E-state index contributed by atoms with van der Waals surface area (Å²) >= 11 is 0. The molecule has 0 aliphatic carbocycles. The first-order valence-electron chi connectivity index (χ1n) is 8.85. The highest BCUT2D eigenvalue weighted by Gasteiger charge is 2.18. The van der Waals surface area contributed by atoms with Crippen LogP contribution in [0.5, 0.6) is 0 Å². The Kier molecular flexibility index (Phi) is 11.4. The highest BCUT2D eigenvalue weighted by Crippen LogP contribution is 2.20. The van der Waals surface area contributed by atoms with Crippen molar-refractivity contribution in [3.05, 3.63) is 29.8 Å². The van der Waals surface area contributed by atoms with E-state index in [0.717, 1.165) is 12.2 Å². The SMILES string of the molecule is CC(C)C[C@H](N)C(=O)Nc1ccc(CN2CCCCC2C)cc1.Cl.Cl. The second-order valence-corrected chi connectivity index (χ2v) is 7.24. The van der Waals surface area contributed by atoms with Crippen molar-refractivity contribution in [1.29, 1.82) is 0 Å². The number of nitrogens with one attached hydrogen (secondary N) is 1. The Hall–Kier alpha value is -0.810. The Morgan fingerprint density at radius 3 is 2.44 bits per heavy atom. The summed E-state index contributed by atoms with van der Waals surface area (Å²) in [6, 6.07) is 8.38. The van der Waals surface area contributed by atoms with E-state index in [1.807, 2.05) is 12.1 Å². The predicted octanol–water partition coefficient (Wildman–Crippen LogP) is 4.22. The Morgan fingerprint density at radius 2 is 1.88 bits per heavy atom. The second kappa shape index (κ2) is 11.7. The molecule has 1 saturated heterocycles. The smallest absolute Gasteiger partial charge is 0.241 e. The van der Waals surface area contributed by atoms with Gasteiger partial charge < -0.3 is 11.1 Å². The first kappa shape index (κ1) is 24.2. The lowest BCUT2D eigenvalue weighted by molar-refractivity contribution is -0.117. The predicted molar refractivity (Wildman–Crippen MR) is 111 cm³/mol. The number of rotatable bonds is 6. The summed E-state index contributed by atoms with van der Waals surface area (Å²) in [6.45, 7) is 8.63. The molecule has 6 heteroatoms. The van der Waals surface area contributed by atoms with Gasteiger partial charge in [-0.15, -0.1) is 24.8 Å². The van der Waals surface area contributed by atoms with Gasteiger partial charge in [0.05, 0.1) is 6.04 Å². The van der Waals surface area contributed by atoms with E-state index in [2.05, 4.69) is 43.1 Å². The van der Waals surface area contributed by atoms with Crippen molar-refractivity contribution in [2.24, 2.45) is 11.7 Å². The number of hydrogen-bond donors (Lipinski definition) is 2. The van der Waals surface area contributed by atoms with Crippen LogP contribution < -0.4 is 11.1 Å². The third-order valence-electron chi connectivity index (χ3n) is 4.61. The maximum Gasteiger partial charge on any atom is 0.241 e. The molecule has 0 spiro atoms. The van der Waals surface area contributed by atoms with Crippen molar-refractivity contribution < 1.29 is 4.79 Å². The lowest BCUT2D eigenvalue weighted by Gasteiger charge is -2.33. The lowest BCUT2D eigenvalue weighted by Crippen LogP contribution is -2.37. The van der Waals surface area contributed by atoms with Crippen LogP contribution in [-0.4, -0.2) is 29.4 Å². The van der Waals surface area contributed by atoms with Crippen LogP contribution in [0.2, 0.25) is 0 Å². The molecule has 0 aromatic heterocycles. The standard InChI is InChI=1S/C19H31N3O.2ClH/c1-14(2)12-18(20)19(23)21-17-9-7-16(8-10-17)13-22-11-5-4-6-15(22)3;;/h7-10,14-15,18H,4-6,11-13,20H2,1-3H3,(H,21,23);2*1H/t15?,18-;;/m0../s1. The molecule has 2 rings (SSSR count). The van der Waals surface area contributed by atoms with Gasteiger partial charge >= 0.3 is 0 Å². The molecular weight excluding hydrogens is 357 g/mol. The number of carbonyl (C=O) groups is 1. The first-order chi connectivity index (χ1) is 11.0. The minimum atomic E-state index is -0.441. The van der Waals surface area contributed by atoms with Crippen LogP contribution in [0, 0.1) is 5.92 Å². The van der Waals surface area contributed by atoms with E-state index < -0.39 is 6.04 Å². The number of amides is 1. The molecule has 0 saturated carbocycles. The third-order valence-corrected chi connectivity index (χ3v) is 4.61. The lowest BCUT2D eigenvalue weighted by atomic mass is 10.0. The minimum Gasteiger partial charge on any atom is -0.325 e. The largest absolute Gasteiger partial charge is 0.325 e. The summed E-state index contributed by atoms with van der Waals surface area (Å²) in [5.41, 5.74) is 8.03. The van der Waals surface area contributed by atoms with Gasteiger partial charge in [0.15, 0.2) is 0 Å². The van der Waals surface area contributed by atoms with Crippen LogP contribution in [0.15, 0.2) is 24.3 Å². The molecule has 1 aromatic rings. The summed E-state index contributed by atoms with van der Waals surface area (Å²) in [7, 11) is 0. The number of nitrogens with two attached hydrogens (primary N) is 1. The van der Waals surface area contributed by atoms with Gasteiger partial charge in [-0.3, -0.25) is 9.69 Å². The Bertz CT molecular complexity index is 508. The zero-order chi connectivity index (χ0) is 16.8. The number of halogens is 2. The van der Waals surface area contributed by atoms with Gasteiger partial charge in [-0.1, -0.05) is 32.4 Å². The van der Waals surface area contributed by atoms with E-state index in [4.69, 9.17) is 5.73 Å². The van der Waals surface area contributed by atoms with E-state index in [-0.39, 0.29) is 30.7 Å². The topological polar surface area (TPSA) is 58.4 Å². The fraction of sp³-hybridized carbons (Fsp3) is 0.632. The van der Waals surface area contributed by atoms with E-state index in [9.17, 15) is 4.79 Å². The average Bonchev–Trinajstić information content (AvgIpc) is 2.50. The molecule has 1 aromatic carbocycles. The molecule has 1 aliphatic rings. The molecule has 1 fully saturated rings. The Morgan fingerprint density at radius 1 is 1.24 bits per heavy atom. The summed E-state index contributed by atoms with van der Waals surface area (Å²) in [5, 5.41) is 2.91. The fourth-order valence-electron chi connectivity index (χ4n) is 3.17. The normalized spacial score (nSPS) is 18.8. The summed E-state index contributed by atoms with van der Waals surface area (Å²) < 4.78 is 0. The number of piperidine rings is 1. The molecule has 25 heavy (non-hydrogen) atoms. The summed E-state index contributed by atoms with van der Waals surface area (Å²) in [5.74, 6) is 0.320. The van der Waals surface area contributed by atoms with E-state index in [0.29, 0.717) is 18.4 Å². The van der Waals surface area contributed by atoms with Gasteiger partial charge in [-0.2, -0.15) is 0 Å². The van der Waals surface area contributed by atoms with Crippen LogP contribution >= 0.6 is 24.8 Å². The molecule has 1 amide bonds. The van der Waals surface area contributed by atoms with Gasteiger partial charge in [0, 0.05) is 18.3 Å². The molecule has 0 radical (unpaired) electrons. The molecule has 1 unspecified atom stereocenters. The van der Waals surface area contributed by atoms with Gasteiger partial charge in [0.2, 0.25) is 5.91 Å². The number of nitrogens with zero attached hydrogens (tertiary/aromatic N) is 1. The monoisotopic (exact) mass is 389 g/mol. The zero-order valence-corrected chi connectivity index (χ0v) is 17.2. The van der Waals surface area contributed by atoms with Crippen LogP contribution in [0.25, 0.3) is 0 Å². The molecule has 3 N–H and O–H groups in total. The van der Waals surface area contributed by atoms with Crippen molar-refractivity contribution >= 4 is 36.4 Å². The molecule has 4 nitrogen and oxygen atoms in total. The zero-order valence-electron chi connectivity index (χ0n) is 15.5. The van der Waals surface area contributed by atoms with Crippen molar-refractivity contribution in [1.82, 2.24) is 4.90 Å². The highest BCUT2D eigenvalue weighted by atomic mass is 35.5. The second-order valence-electron chi connectivity index (χ2n) is 7.24. The minimum absolute atomic E-state index is 0. The number of anilines is 1. The number of likely N-dealkylation sites (tertiary alicyclic amines) is 1. The van der Waals surface area contributed by atoms with Gasteiger partial charge in [-0.05, 0) is 56.3 Å². The van der Waals surface area contributed by atoms with E-state index in [1.54, 1.807) is 0 Å². The maximum absolute atomic E-state index is 12.0.